The van der Waals surface area contributed by atoms with Crippen LogP contribution in [0.2, 0.25) is 0 Å². The molecule has 4 aromatic rings. The number of benzene rings is 2. The molecule has 2 aromatic carbocycles. The van der Waals surface area contributed by atoms with E-state index in [0.29, 0.717) is 23.9 Å². The lowest BCUT2D eigenvalue weighted by Crippen LogP contribution is -2.12. The normalized spacial score (nSPS) is 11.6. The highest BCUT2D eigenvalue weighted by atomic mass is 15.2. The Kier molecular flexibility index (Phi) is 7.86. The Hall–Kier alpha value is -5.03. The maximum Gasteiger partial charge on any atom is 0.228 e. The SMILES string of the molecule is C=N/C(=N\C(=C/C)Nc1c(C)cc(Cn2ccnc2-c2ccncc2)cc1C)Nc1ccc(C#N)cc1. The number of aromatic nitrogens is 3. The molecule has 0 aliphatic heterocycles. The van der Waals surface area contributed by atoms with Crippen LogP contribution in [-0.2, 0) is 6.54 Å². The van der Waals surface area contributed by atoms with Gasteiger partial charge in [0.15, 0.2) is 0 Å². The van der Waals surface area contributed by atoms with Gasteiger partial charge in [0.25, 0.3) is 0 Å². The number of hydrogen-bond donors (Lipinski definition) is 2. The van der Waals surface area contributed by atoms with Crippen molar-refractivity contribution in [3.05, 3.63) is 107 Å². The minimum Gasteiger partial charge on any atom is -0.340 e. The first kappa shape index (κ1) is 25.1. The van der Waals surface area contributed by atoms with Crippen LogP contribution in [-0.4, -0.2) is 27.2 Å². The van der Waals surface area contributed by atoms with Crippen LogP contribution in [0.15, 0.2) is 95.2 Å². The van der Waals surface area contributed by atoms with Gasteiger partial charge >= 0.3 is 0 Å². The number of allylic oxidation sites excluding steroid dienone is 1. The molecule has 0 spiro atoms. The molecular weight excluding hydrogens is 460 g/mol. The van der Waals surface area contributed by atoms with Gasteiger partial charge in [-0.3, -0.25) is 4.98 Å². The van der Waals surface area contributed by atoms with Crippen LogP contribution in [0.5, 0.6) is 0 Å². The number of aryl methyl sites for hydroxylation is 2. The van der Waals surface area contributed by atoms with E-state index in [1.165, 1.54) is 5.56 Å². The Balaban J connectivity index is 1.52. The average molecular weight is 489 g/mol. The van der Waals surface area contributed by atoms with Gasteiger partial charge in [-0.1, -0.05) is 12.1 Å². The van der Waals surface area contributed by atoms with E-state index < -0.39 is 0 Å². The zero-order valence-corrected chi connectivity index (χ0v) is 21.1. The largest absolute Gasteiger partial charge is 0.340 e. The van der Waals surface area contributed by atoms with E-state index in [1.807, 2.05) is 37.5 Å². The summed E-state index contributed by atoms with van der Waals surface area (Å²) in [5.74, 6) is 1.89. The third-order valence-corrected chi connectivity index (χ3v) is 5.77. The Morgan fingerprint density at radius 2 is 1.76 bits per heavy atom. The number of pyridine rings is 1. The maximum absolute atomic E-state index is 8.99. The topological polar surface area (TPSA) is 103 Å². The number of nitrogens with zero attached hydrogens (tertiary/aromatic N) is 6. The number of rotatable bonds is 7. The summed E-state index contributed by atoms with van der Waals surface area (Å²) in [6.07, 6.45) is 9.24. The van der Waals surface area contributed by atoms with Crippen molar-refractivity contribution in [2.45, 2.75) is 27.3 Å². The molecular formula is C29H28N8. The quantitative estimate of drug-likeness (QED) is 0.248. The Bertz CT molecular complexity index is 1470. The molecule has 0 radical (unpaired) electrons. The van der Waals surface area contributed by atoms with Crippen molar-refractivity contribution in [3.8, 4) is 17.5 Å². The Morgan fingerprint density at radius 3 is 2.38 bits per heavy atom. The van der Waals surface area contributed by atoms with Crippen molar-refractivity contribution in [2.24, 2.45) is 9.98 Å². The summed E-state index contributed by atoms with van der Waals surface area (Å²) in [4.78, 5) is 17.3. The second-order valence-electron chi connectivity index (χ2n) is 8.43. The van der Waals surface area contributed by atoms with Crippen LogP contribution in [0.25, 0.3) is 11.4 Å². The van der Waals surface area contributed by atoms with E-state index in [4.69, 9.17) is 5.26 Å². The van der Waals surface area contributed by atoms with Gasteiger partial charge in [0.1, 0.15) is 11.6 Å². The molecule has 0 bridgehead atoms. The lowest BCUT2D eigenvalue weighted by molar-refractivity contribution is 0.805. The molecule has 2 aromatic heterocycles. The predicted molar refractivity (Wildman–Crippen MR) is 150 cm³/mol. The second-order valence-corrected chi connectivity index (χ2v) is 8.43. The molecule has 0 unspecified atom stereocenters. The number of hydrogen-bond acceptors (Lipinski definition) is 5. The summed E-state index contributed by atoms with van der Waals surface area (Å²) in [7, 11) is 0. The summed E-state index contributed by atoms with van der Waals surface area (Å²) in [5.41, 5.74) is 6.75. The highest BCUT2D eigenvalue weighted by Gasteiger charge is 2.11. The van der Waals surface area contributed by atoms with Crippen LogP contribution >= 0.6 is 0 Å². The summed E-state index contributed by atoms with van der Waals surface area (Å²) in [6, 6.07) is 17.4. The Labute approximate surface area is 216 Å². The van der Waals surface area contributed by atoms with Crippen LogP contribution in [0.3, 0.4) is 0 Å². The van der Waals surface area contributed by atoms with Crippen molar-refractivity contribution in [3.63, 3.8) is 0 Å². The maximum atomic E-state index is 8.99. The molecule has 0 amide bonds. The van der Waals surface area contributed by atoms with E-state index in [0.717, 1.165) is 33.9 Å². The average Bonchev–Trinajstić information content (AvgIpc) is 3.38. The van der Waals surface area contributed by atoms with Gasteiger partial charge in [-0.2, -0.15) is 10.3 Å². The zero-order valence-electron chi connectivity index (χ0n) is 21.1. The second kappa shape index (κ2) is 11.6. The number of nitriles is 1. The third-order valence-electron chi connectivity index (χ3n) is 5.77. The summed E-state index contributed by atoms with van der Waals surface area (Å²) in [5, 5.41) is 15.6. The number of anilines is 2. The highest BCUT2D eigenvalue weighted by Crippen LogP contribution is 2.26. The molecule has 0 saturated carbocycles. The molecule has 0 saturated heterocycles. The number of guanidine groups is 1. The molecule has 37 heavy (non-hydrogen) atoms. The first-order chi connectivity index (χ1) is 18.0. The molecule has 0 aliphatic rings. The van der Waals surface area contributed by atoms with Crippen LogP contribution in [0.1, 0.15) is 29.2 Å². The lowest BCUT2D eigenvalue weighted by atomic mass is 10.0. The molecule has 4 rings (SSSR count). The monoisotopic (exact) mass is 488 g/mol. The summed E-state index contributed by atoms with van der Waals surface area (Å²) in [6.45, 7) is 10.4. The van der Waals surface area contributed by atoms with E-state index in [-0.39, 0.29) is 0 Å². The van der Waals surface area contributed by atoms with E-state index in [2.05, 4.69) is 73.9 Å². The fourth-order valence-corrected chi connectivity index (χ4v) is 4.00. The lowest BCUT2D eigenvalue weighted by Gasteiger charge is -2.16. The molecule has 2 heterocycles. The van der Waals surface area contributed by atoms with Gasteiger partial charge in [-0.25, -0.2) is 9.98 Å². The minimum atomic E-state index is 0.348. The third kappa shape index (κ3) is 6.16. The van der Waals surface area contributed by atoms with Crippen molar-refractivity contribution < 1.29 is 0 Å². The van der Waals surface area contributed by atoms with Crippen LogP contribution < -0.4 is 10.6 Å². The summed E-state index contributed by atoms with van der Waals surface area (Å²) < 4.78 is 2.13. The highest BCUT2D eigenvalue weighted by molar-refractivity contribution is 5.97. The van der Waals surface area contributed by atoms with Crippen molar-refractivity contribution in [2.75, 3.05) is 10.6 Å². The van der Waals surface area contributed by atoms with Gasteiger partial charge in [0, 0.05) is 48.3 Å². The van der Waals surface area contributed by atoms with Crippen molar-refractivity contribution in [1.82, 2.24) is 14.5 Å². The molecule has 8 nitrogen and oxygen atoms in total. The fraction of sp³-hybridized carbons (Fsp3) is 0.138. The van der Waals surface area contributed by atoms with Crippen LogP contribution in [0.4, 0.5) is 11.4 Å². The van der Waals surface area contributed by atoms with Crippen molar-refractivity contribution >= 4 is 24.1 Å². The summed E-state index contributed by atoms with van der Waals surface area (Å²) >= 11 is 0. The molecule has 2 N–H and O–H groups in total. The van der Waals surface area contributed by atoms with Gasteiger partial charge in [0.2, 0.25) is 5.96 Å². The molecule has 184 valence electrons. The Morgan fingerprint density at radius 1 is 1.05 bits per heavy atom. The molecule has 0 aliphatic carbocycles. The number of nitrogens with one attached hydrogen (secondary N) is 2. The van der Waals surface area contributed by atoms with E-state index >= 15 is 0 Å². The predicted octanol–water partition coefficient (Wildman–Crippen LogP) is 5.92. The van der Waals surface area contributed by atoms with Crippen LogP contribution in [0, 0.1) is 25.2 Å². The van der Waals surface area contributed by atoms with Crippen molar-refractivity contribution in [1.29, 1.82) is 5.26 Å². The smallest absolute Gasteiger partial charge is 0.228 e. The molecule has 0 fully saturated rings. The van der Waals surface area contributed by atoms with Gasteiger partial charge in [0.05, 0.1) is 11.6 Å². The van der Waals surface area contributed by atoms with Gasteiger partial charge in [-0.05, 0) is 86.7 Å². The van der Waals surface area contributed by atoms with E-state index in [1.54, 1.807) is 36.7 Å². The molecule has 0 atom stereocenters. The minimum absolute atomic E-state index is 0.348. The first-order valence-electron chi connectivity index (χ1n) is 11.8. The zero-order chi connectivity index (χ0) is 26.2. The van der Waals surface area contributed by atoms with Gasteiger partial charge < -0.3 is 15.2 Å². The molecule has 8 heteroatoms. The van der Waals surface area contributed by atoms with E-state index in [9.17, 15) is 0 Å². The first-order valence-corrected chi connectivity index (χ1v) is 11.8. The number of imidazole rings is 1. The van der Waals surface area contributed by atoms with Gasteiger partial charge in [-0.15, -0.1) is 0 Å². The standard InChI is InChI=1S/C29H28N8/c1-5-26(36-29(31-4)34-25-8-6-22(18-30)7-9-25)35-27-20(2)16-23(17-21(27)3)19-37-15-14-33-28(37)24-10-12-32-13-11-24/h5-17,35H,4,19H2,1-3H3,(H,34,36)/b26-5-. The fourth-order valence-electron chi connectivity index (χ4n) is 4.00. The number of aliphatic imine (C=N–C) groups is 2.